The third-order valence-corrected chi connectivity index (χ3v) is 7.92. The molecular formula is C28H24O11. The Labute approximate surface area is 220 Å². The van der Waals surface area contributed by atoms with Gasteiger partial charge >= 0.3 is 11.4 Å². The maximum Gasteiger partial charge on any atom is 0.343 e. The van der Waals surface area contributed by atoms with Crippen molar-refractivity contribution >= 4 is 17.6 Å². The molecule has 1 aromatic heterocycles. The topological polar surface area (TPSA) is 173 Å². The summed E-state index contributed by atoms with van der Waals surface area (Å²) in [5.74, 6) is -5.52. The van der Waals surface area contributed by atoms with Crippen LogP contribution in [0.3, 0.4) is 0 Å². The summed E-state index contributed by atoms with van der Waals surface area (Å²) in [4.78, 5) is 38.3. The summed E-state index contributed by atoms with van der Waals surface area (Å²) in [6, 6.07) is 0. The summed E-state index contributed by atoms with van der Waals surface area (Å²) in [6.45, 7) is 4.86. The average molecular weight is 536 g/mol. The molecule has 0 bridgehead atoms. The van der Waals surface area contributed by atoms with E-state index < -0.39 is 75.2 Å². The summed E-state index contributed by atoms with van der Waals surface area (Å²) < 4.78 is 22.9. The van der Waals surface area contributed by atoms with Crippen LogP contribution in [-0.4, -0.2) is 57.1 Å². The molecule has 1 aromatic carbocycles. The summed E-state index contributed by atoms with van der Waals surface area (Å²) in [6.07, 6.45) is -0.425. The molecule has 0 amide bonds. The minimum atomic E-state index is -2.40. The minimum absolute atomic E-state index is 0.0155. The third-order valence-electron chi connectivity index (χ3n) is 7.92. The number of ether oxygens (including phenoxy) is 3. The maximum atomic E-state index is 12.8. The monoisotopic (exact) mass is 536 g/mol. The van der Waals surface area contributed by atoms with Gasteiger partial charge < -0.3 is 39.1 Å². The number of aliphatic hydroxyl groups is 2. The van der Waals surface area contributed by atoms with Crippen molar-refractivity contribution in [1.82, 2.24) is 0 Å². The van der Waals surface area contributed by atoms with Crippen LogP contribution in [0.15, 0.2) is 38.3 Å². The number of Topliss-reactive ketones (excluding diaryl/α,β-unsaturated/α-hetero) is 1. The quantitative estimate of drug-likeness (QED) is 0.393. The van der Waals surface area contributed by atoms with Crippen LogP contribution >= 0.6 is 0 Å². The highest BCUT2D eigenvalue weighted by Crippen LogP contribution is 2.59. The van der Waals surface area contributed by atoms with E-state index in [0.717, 1.165) is 11.6 Å². The first-order chi connectivity index (χ1) is 18.4. The molecule has 3 heterocycles. The lowest BCUT2D eigenvalue weighted by atomic mass is 9.84. The molecule has 2 aromatic rings. The fraction of sp³-hybridized carbons (Fsp3) is 0.321. The number of phenols is 2. The molecule has 1 spiro atoms. The second kappa shape index (κ2) is 8.15. The molecule has 2 aliphatic heterocycles. The van der Waals surface area contributed by atoms with E-state index in [1.54, 1.807) is 19.9 Å². The molecule has 3 unspecified atom stereocenters. The summed E-state index contributed by atoms with van der Waals surface area (Å²) in [5, 5.41) is 45.0. The number of carbonyl (C=O) groups excluding carboxylic acids is 2. The predicted molar refractivity (Wildman–Crippen MR) is 133 cm³/mol. The van der Waals surface area contributed by atoms with Crippen LogP contribution in [0, 0.1) is 13.8 Å². The van der Waals surface area contributed by atoms with Crippen molar-refractivity contribution in [1.29, 1.82) is 0 Å². The van der Waals surface area contributed by atoms with Crippen LogP contribution in [0.1, 0.15) is 61.8 Å². The Kier molecular flexibility index (Phi) is 5.25. The number of aromatic hydroxyl groups is 2. The zero-order valence-corrected chi connectivity index (χ0v) is 21.3. The normalized spacial score (nSPS) is 26.8. The Hall–Kier alpha value is -4.19. The van der Waals surface area contributed by atoms with Crippen LogP contribution in [0.2, 0.25) is 0 Å². The van der Waals surface area contributed by atoms with Gasteiger partial charge in [-0.2, -0.15) is 0 Å². The van der Waals surface area contributed by atoms with Gasteiger partial charge in [0.1, 0.15) is 23.4 Å². The van der Waals surface area contributed by atoms with Gasteiger partial charge in [-0.3, -0.25) is 9.59 Å². The molecule has 4 atom stereocenters. The standard InChI is InChI=1S/C28H24O11/c1-9-7-15(29)17-18(20(9)30)22(32)24-19(21(17)31)25(33)28(39-24)26(34)23(36-4)13-6-5-12-10(2)11(3)37-27(35)14(12)8-16(13)38-28/h6-8,23,25-26,31-34H,5H2,1-4H3/t23?,25?,26-,28?/m0/s1. The van der Waals surface area contributed by atoms with Crippen molar-refractivity contribution in [2.24, 2.45) is 0 Å². The van der Waals surface area contributed by atoms with Gasteiger partial charge in [0.2, 0.25) is 0 Å². The Bertz CT molecular complexity index is 1670. The first kappa shape index (κ1) is 25.1. The SMILES string of the molecule is COC1C2=CCc3c(C)c(C)oc(=O)c3C=C2OC2(Oc3c(O)c4c(c(O)c3C2O)C(=O)C=C(C)C4=O)[C@H]1O. The molecule has 11 heteroatoms. The van der Waals surface area contributed by atoms with Gasteiger partial charge in [-0.25, -0.2) is 4.79 Å². The molecule has 0 radical (unpaired) electrons. The van der Waals surface area contributed by atoms with E-state index in [2.05, 4.69) is 0 Å². The van der Waals surface area contributed by atoms with Crippen LogP contribution < -0.4 is 10.4 Å². The van der Waals surface area contributed by atoms with Gasteiger partial charge in [0, 0.05) is 18.3 Å². The van der Waals surface area contributed by atoms with Crippen LogP contribution in [0.5, 0.6) is 17.2 Å². The first-order valence-corrected chi connectivity index (χ1v) is 12.1. The fourth-order valence-electron chi connectivity index (χ4n) is 5.74. The van der Waals surface area contributed by atoms with Gasteiger partial charge in [0.25, 0.3) is 0 Å². The van der Waals surface area contributed by atoms with Gasteiger partial charge in [-0.15, -0.1) is 0 Å². The number of aliphatic hydroxyl groups excluding tert-OH is 2. The molecule has 0 saturated carbocycles. The molecule has 11 nitrogen and oxygen atoms in total. The Morgan fingerprint density at radius 2 is 1.72 bits per heavy atom. The van der Waals surface area contributed by atoms with E-state index in [4.69, 9.17) is 18.6 Å². The molecule has 39 heavy (non-hydrogen) atoms. The van der Waals surface area contributed by atoms with E-state index in [-0.39, 0.29) is 16.9 Å². The smallest absolute Gasteiger partial charge is 0.343 e. The second-order valence-electron chi connectivity index (χ2n) is 9.98. The lowest BCUT2D eigenvalue weighted by molar-refractivity contribution is -0.282. The summed E-state index contributed by atoms with van der Waals surface area (Å²) >= 11 is 0. The van der Waals surface area contributed by atoms with Crippen molar-refractivity contribution < 1.29 is 48.6 Å². The van der Waals surface area contributed by atoms with E-state index >= 15 is 0 Å². The number of benzene rings is 1. The fourth-order valence-corrected chi connectivity index (χ4v) is 5.74. The molecule has 1 saturated heterocycles. The highest BCUT2D eigenvalue weighted by Gasteiger charge is 2.64. The Morgan fingerprint density at radius 1 is 1.00 bits per heavy atom. The van der Waals surface area contributed by atoms with Crippen molar-refractivity contribution in [3.63, 3.8) is 0 Å². The lowest BCUT2D eigenvalue weighted by Crippen LogP contribution is -2.60. The molecule has 2 aliphatic carbocycles. The summed E-state index contributed by atoms with van der Waals surface area (Å²) in [7, 11) is 1.32. The van der Waals surface area contributed by atoms with E-state index in [1.165, 1.54) is 20.1 Å². The Balaban J connectivity index is 1.55. The molecule has 6 rings (SSSR count). The number of allylic oxidation sites excluding steroid dienone is 3. The average Bonchev–Trinajstić information content (AvgIpc) is 3.04. The number of aryl methyl sites for hydroxylation is 1. The third kappa shape index (κ3) is 3.11. The van der Waals surface area contributed by atoms with Gasteiger partial charge in [-0.1, -0.05) is 6.08 Å². The van der Waals surface area contributed by atoms with Crippen molar-refractivity contribution in [2.75, 3.05) is 7.11 Å². The molecule has 4 aliphatic rings. The first-order valence-electron chi connectivity index (χ1n) is 12.1. The summed E-state index contributed by atoms with van der Waals surface area (Å²) in [5.41, 5.74) is -0.0109. The minimum Gasteiger partial charge on any atom is -0.507 e. The van der Waals surface area contributed by atoms with Crippen LogP contribution in [0.4, 0.5) is 0 Å². The lowest BCUT2D eigenvalue weighted by Gasteiger charge is -2.44. The zero-order chi connectivity index (χ0) is 28.1. The highest BCUT2D eigenvalue weighted by atomic mass is 16.7. The van der Waals surface area contributed by atoms with E-state index in [9.17, 15) is 34.8 Å². The number of hydrogen-bond acceptors (Lipinski definition) is 11. The molecule has 202 valence electrons. The van der Waals surface area contributed by atoms with Crippen LogP contribution in [-0.2, 0) is 15.9 Å². The number of rotatable bonds is 1. The van der Waals surface area contributed by atoms with Crippen LogP contribution in [0.25, 0.3) is 6.08 Å². The zero-order valence-electron chi connectivity index (χ0n) is 21.3. The predicted octanol–water partition coefficient (Wildman–Crippen LogP) is 2.04. The van der Waals surface area contributed by atoms with Gasteiger partial charge in [0.15, 0.2) is 35.3 Å². The largest absolute Gasteiger partial charge is 0.507 e. The number of hydrogen-bond donors (Lipinski definition) is 4. The number of fused-ring (bicyclic) bond motifs is 4. The highest BCUT2D eigenvalue weighted by molar-refractivity contribution is 6.27. The molecule has 1 fully saturated rings. The number of methoxy groups -OCH3 is 1. The van der Waals surface area contributed by atoms with Gasteiger partial charge in [-0.05, 0) is 50.5 Å². The number of carbonyl (C=O) groups is 2. The van der Waals surface area contributed by atoms with E-state index in [0.29, 0.717) is 23.3 Å². The van der Waals surface area contributed by atoms with Crippen molar-refractivity contribution in [3.8, 4) is 17.2 Å². The Morgan fingerprint density at radius 3 is 2.41 bits per heavy atom. The van der Waals surface area contributed by atoms with Crippen molar-refractivity contribution in [2.45, 2.75) is 51.3 Å². The molecular weight excluding hydrogens is 512 g/mol. The maximum absolute atomic E-state index is 12.8. The molecule has 4 N–H and O–H groups in total. The number of phenolic OH excluding ortho intramolecular Hbond substituents is 2. The van der Waals surface area contributed by atoms with E-state index in [1.807, 2.05) is 0 Å². The second-order valence-corrected chi connectivity index (χ2v) is 9.98. The number of ketones is 2. The van der Waals surface area contributed by atoms with Gasteiger partial charge in [0.05, 0.1) is 22.3 Å². The van der Waals surface area contributed by atoms with Crippen molar-refractivity contribution in [3.05, 3.63) is 78.6 Å².